The summed E-state index contributed by atoms with van der Waals surface area (Å²) in [5.74, 6) is 1.36. The summed E-state index contributed by atoms with van der Waals surface area (Å²) < 4.78 is 29.6. The topological polar surface area (TPSA) is 173 Å². The van der Waals surface area contributed by atoms with Crippen molar-refractivity contribution in [1.29, 1.82) is 0 Å². The number of aliphatic hydroxyl groups is 6. The number of rotatable bonds is 36. The zero-order valence-corrected chi connectivity index (χ0v) is 37.4. The summed E-state index contributed by atoms with van der Waals surface area (Å²) in [6, 6.07) is -1.07. The molecular weight excluding hydrogens is 745 g/mol. The Morgan fingerprint density at radius 3 is 1.65 bits per heavy atom. The van der Waals surface area contributed by atoms with Gasteiger partial charge in [0.05, 0.1) is 19.3 Å². The van der Waals surface area contributed by atoms with Gasteiger partial charge in [-0.25, -0.2) is 4.36 Å². The molecule has 4 aliphatic rings. The van der Waals surface area contributed by atoms with Crippen molar-refractivity contribution in [3.8, 4) is 0 Å². The molecule has 338 valence electrons. The third-order valence-corrected chi connectivity index (χ3v) is 15.0. The molecular formula is C45H88N2O9S. The van der Waals surface area contributed by atoms with Gasteiger partial charge >= 0.3 is 0 Å². The third kappa shape index (κ3) is 18.2. The summed E-state index contributed by atoms with van der Waals surface area (Å²) >= 11 is 0. The molecule has 1 heterocycles. The second-order valence-corrected chi connectivity index (χ2v) is 20.9. The highest BCUT2D eigenvalue weighted by Gasteiger charge is 2.59. The molecule has 12 heteroatoms. The Morgan fingerprint density at radius 2 is 1.18 bits per heavy atom. The predicted molar refractivity (Wildman–Crippen MR) is 231 cm³/mol. The normalized spacial score (nSPS) is 28.4. The lowest BCUT2D eigenvalue weighted by molar-refractivity contribution is -0.302. The van der Waals surface area contributed by atoms with E-state index in [0.29, 0.717) is 17.7 Å². The highest BCUT2D eigenvalue weighted by atomic mass is 32.2. The molecule has 57 heavy (non-hydrogen) atoms. The van der Waals surface area contributed by atoms with E-state index in [1.165, 1.54) is 129 Å². The lowest BCUT2D eigenvalue weighted by Gasteiger charge is -2.67. The summed E-state index contributed by atoms with van der Waals surface area (Å²) in [5.41, 5.74) is 0.536. The van der Waals surface area contributed by atoms with E-state index < -0.39 is 65.3 Å². The molecule has 6 N–H and O–H groups in total. The molecule has 3 aliphatic carbocycles. The van der Waals surface area contributed by atoms with Gasteiger partial charge in [0.25, 0.3) is 0 Å². The Balaban J connectivity index is 1.43. The van der Waals surface area contributed by atoms with Crippen LogP contribution in [0.15, 0.2) is 4.36 Å². The minimum absolute atomic E-state index is 0.331. The fourth-order valence-corrected chi connectivity index (χ4v) is 10.8. The summed E-state index contributed by atoms with van der Waals surface area (Å²) in [5, 5.41) is 62.9. The highest BCUT2D eigenvalue weighted by Crippen LogP contribution is 2.60. The number of ether oxygens (including phenoxy) is 2. The van der Waals surface area contributed by atoms with Gasteiger partial charge in [0.15, 0.2) is 6.29 Å². The quantitative estimate of drug-likeness (QED) is 0.0354. The van der Waals surface area contributed by atoms with Crippen LogP contribution in [0.2, 0.25) is 0 Å². The van der Waals surface area contributed by atoms with E-state index in [2.05, 4.69) is 23.1 Å². The minimum Gasteiger partial charge on any atom is -0.394 e. The van der Waals surface area contributed by atoms with Crippen molar-refractivity contribution in [2.24, 2.45) is 10.3 Å². The Labute approximate surface area is 348 Å². The fraction of sp³-hybridized carbons (Fsp3) is 1.00. The van der Waals surface area contributed by atoms with Crippen molar-refractivity contribution in [2.75, 3.05) is 38.3 Å². The van der Waals surface area contributed by atoms with Gasteiger partial charge < -0.3 is 40.1 Å². The molecule has 11 nitrogen and oxygen atoms in total. The third-order valence-electron chi connectivity index (χ3n) is 13.2. The van der Waals surface area contributed by atoms with E-state index in [0.717, 1.165) is 57.3 Å². The number of unbranched alkanes of at least 4 members (excludes halogenated alkanes) is 20. The molecule has 0 amide bonds. The molecule has 0 aromatic heterocycles. The Hall–Kier alpha value is -0.410. The summed E-state index contributed by atoms with van der Waals surface area (Å²) in [6.45, 7) is 6.05. The maximum atomic E-state index is 13.8. The van der Waals surface area contributed by atoms with Gasteiger partial charge in [-0.2, -0.15) is 0 Å². The van der Waals surface area contributed by atoms with E-state index in [-0.39, 0.29) is 6.61 Å². The highest BCUT2D eigenvalue weighted by molar-refractivity contribution is 7.92. The molecule has 6 unspecified atom stereocenters. The molecule has 1 aliphatic heterocycles. The van der Waals surface area contributed by atoms with Crippen LogP contribution < -0.4 is 0 Å². The van der Waals surface area contributed by atoms with Gasteiger partial charge in [-0.3, -0.25) is 9.11 Å². The van der Waals surface area contributed by atoms with Gasteiger partial charge in [-0.15, -0.1) is 0 Å². The standard InChI is InChI=1S/C45H88N2O9S/c1-4-6-8-10-11-12-13-14-15-16-19-23-27-38(49)40(50)37(35-55-44-43(53)42(52)41(51)39(34-48)56-44)46-57(3,54)30-26-22-18-17-21-25-29-47(28-24-20-9-7-5-2)45-31-36(32-45)33-45/h36-44,48-53H,4-35H2,1-3H3/t36?,37-,38+,39?,40-,41?,42?,43?,44?,45?,57?/m0/s1. The van der Waals surface area contributed by atoms with E-state index in [4.69, 9.17) is 9.47 Å². The van der Waals surface area contributed by atoms with Crippen LogP contribution in [-0.4, -0.2) is 133 Å². The first-order chi connectivity index (χ1) is 27.5. The molecule has 2 bridgehead atoms. The molecule has 0 aromatic rings. The van der Waals surface area contributed by atoms with E-state index in [1.54, 1.807) is 6.26 Å². The van der Waals surface area contributed by atoms with Crippen molar-refractivity contribution < 1.29 is 44.3 Å². The van der Waals surface area contributed by atoms with Crippen LogP contribution in [0.1, 0.15) is 187 Å². The smallest absolute Gasteiger partial charge is 0.186 e. The average molecular weight is 833 g/mol. The first-order valence-electron chi connectivity index (χ1n) is 23.7. The number of hydrogen-bond donors (Lipinski definition) is 6. The minimum atomic E-state index is -2.76. The molecule has 4 rings (SSSR count). The van der Waals surface area contributed by atoms with Crippen LogP contribution >= 0.6 is 0 Å². The Morgan fingerprint density at radius 1 is 0.702 bits per heavy atom. The molecule has 0 aromatic carbocycles. The zero-order valence-electron chi connectivity index (χ0n) is 36.5. The lowest BCUT2D eigenvalue weighted by Crippen LogP contribution is -2.68. The summed E-state index contributed by atoms with van der Waals surface area (Å²) in [6.07, 6.45) is 23.8. The van der Waals surface area contributed by atoms with Crippen LogP contribution in [0.4, 0.5) is 0 Å². The number of nitrogens with zero attached hydrogens (tertiary/aromatic N) is 2. The molecule has 0 spiro atoms. The van der Waals surface area contributed by atoms with Crippen molar-refractivity contribution in [2.45, 2.75) is 242 Å². The molecule has 1 saturated heterocycles. The number of hydrogen-bond acceptors (Lipinski definition) is 11. The lowest BCUT2D eigenvalue weighted by atomic mass is 9.49. The first-order valence-corrected chi connectivity index (χ1v) is 25.8. The van der Waals surface area contributed by atoms with Crippen LogP contribution in [-0.2, 0) is 19.2 Å². The van der Waals surface area contributed by atoms with Gasteiger partial charge in [-0.05, 0) is 64.0 Å². The van der Waals surface area contributed by atoms with Crippen LogP contribution in [0, 0.1) is 5.92 Å². The molecule has 3 saturated carbocycles. The SMILES string of the molecule is CCCCCCCCCCCCCC[C@@H](O)[C@@H](O)[C@H](COC1OC(CO)C(O)C(O)C1O)N=S(C)(=O)CCCCCCCCN(CCCCCCC)C12CC(C1)C2. The van der Waals surface area contributed by atoms with E-state index in [9.17, 15) is 34.8 Å². The zero-order chi connectivity index (χ0) is 41.5. The van der Waals surface area contributed by atoms with Crippen molar-refractivity contribution in [3.05, 3.63) is 0 Å². The van der Waals surface area contributed by atoms with Crippen molar-refractivity contribution in [1.82, 2.24) is 4.90 Å². The van der Waals surface area contributed by atoms with Gasteiger partial charge in [0, 0.05) is 27.3 Å². The van der Waals surface area contributed by atoms with Gasteiger partial charge in [0.1, 0.15) is 36.6 Å². The second kappa shape index (κ2) is 28.2. The van der Waals surface area contributed by atoms with Crippen LogP contribution in [0.3, 0.4) is 0 Å². The van der Waals surface area contributed by atoms with Crippen LogP contribution in [0.5, 0.6) is 0 Å². The van der Waals surface area contributed by atoms with E-state index in [1.807, 2.05) is 0 Å². The monoisotopic (exact) mass is 833 g/mol. The van der Waals surface area contributed by atoms with Gasteiger partial charge in [0.2, 0.25) is 0 Å². The fourth-order valence-electron chi connectivity index (χ4n) is 9.24. The maximum Gasteiger partial charge on any atom is 0.186 e. The maximum absolute atomic E-state index is 13.8. The average Bonchev–Trinajstić information content (AvgIpc) is 3.15. The van der Waals surface area contributed by atoms with Crippen LogP contribution in [0.25, 0.3) is 0 Å². The second-order valence-electron chi connectivity index (χ2n) is 18.3. The van der Waals surface area contributed by atoms with Crippen molar-refractivity contribution in [3.63, 3.8) is 0 Å². The Kier molecular flexibility index (Phi) is 25.2. The molecule has 9 atom stereocenters. The predicted octanol–water partition coefficient (Wildman–Crippen LogP) is 7.25. The number of aliphatic hydroxyl groups excluding tert-OH is 6. The largest absolute Gasteiger partial charge is 0.394 e. The Bertz CT molecular complexity index is 1140. The molecule has 0 radical (unpaired) electrons. The molecule has 4 fully saturated rings. The summed E-state index contributed by atoms with van der Waals surface area (Å²) in [7, 11) is -2.76. The summed E-state index contributed by atoms with van der Waals surface area (Å²) in [4.78, 5) is 2.83. The van der Waals surface area contributed by atoms with E-state index >= 15 is 0 Å². The first kappa shape index (κ1) is 50.9. The van der Waals surface area contributed by atoms with Crippen molar-refractivity contribution >= 4 is 9.73 Å². The van der Waals surface area contributed by atoms with Gasteiger partial charge in [-0.1, -0.05) is 142 Å².